The Balaban J connectivity index is 1.83. The lowest BCUT2D eigenvalue weighted by molar-refractivity contribution is 0.305. The number of sulfonamides is 1. The number of unbranched alkanes of at least 4 members (excludes halogenated alkanes) is 3. The Kier molecular flexibility index (Phi) is 7.47. The molecule has 0 radical (unpaired) electrons. The van der Waals surface area contributed by atoms with Gasteiger partial charge in [-0.05, 0) is 48.4 Å². The first-order valence-corrected chi connectivity index (χ1v) is 9.93. The molecule has 2 rings (SSSR count). The molecule has 0 fully saturated rings. The van der Waals surface area contributed by atoms with Crippen LogP contribution in [0.15, 0.2) is 64.6 Å². The summed E-state index contributed by atoms with van der Waals surface area (Å²) in [4.78, 5) is 2.38. The lowest BCUT2D eigenvalue weighted by Gasteiger charge is -2.06. The molecule has 0 unspecified atom stereocenters. The first-order valence-electron chi connectivity index (χ1n) is 8.44. The van der Waals surface area contributed by atoms with Gasteiger partial charge in [-0.15, -0.1) is 0 Å². The second-order valence-corrected chi connectivity index (χ2v) is 7.30. The van der Waals surface area contributed by atoms with E-state index in [0.717, 1.165) is 17.7 Å². The van der Waals surface area contributed by atoms with Crippen LogP contribution in [0.25, 0.3) is 0 Å². The van der Waals surface area contributed by atoms with Crippen molar-refractivity contribution in [3.05, 3.63) is 60.2 Å². The van der Waals surface area contributed by atoms with Crippen LogP contribution >= 0.6 is 0 Å². The van der Waals surface area contributed by atoms with Crippen LogP contribution in [0.4, 0.5) is 0 Å². The second-order valence-electron chi connectivity index (χ2n) is 5.64. The van der Waals surface area contributed by atoms with Crippen LogP contribution in [0, 0.1) is 0 Å². The molecule has 2 aromatic rings. The Morgan fingerprint density at radius 3 is 2.40 bits per heavy atom. The quantitative estimate of drug-likeness (QED) is 0.396. The molecule has 0 atom stereocenters. The van der Waals surface area contributed by atoms with Crippen molar-refractivity contribution in [1.29, 1.82) is 0 Å². The lowest BCUT2D eigenvalue weighted by atomic mass is 10.2. The van der Waals surface area contributed by atoms with E-state index in [1.165, 1.54) is 37.6 Å². The van der Waals surface area contributed by atoms with Crippen molar-refractivity contribution in [2.24, 2.45) is 5.10 Å². The molecule has 0 heterocycles. The van der Waals surface area contributed by atoms with Crippen molar-refractivity contribution in [3.8, 4) is 5.75 Å². The molecular formula is C19H24N2O3S. The molecule has 134 valence electrons. The first-order chi connectivity index (χ1) is 12.1. The summed E-state index contributed by atoms with van der Waals surface area (Å²) in [5.41, 5.74) is 0.786. The predicted molar refractivity (Wildman–Crippen MR) is 100 cm³/mol. The average Bonchev–Trinajstić information content (AvgIpc) is 2.63. The molecule has 2 aromatic carbocycles. The number of hydrazone groups is 1. The molecule has 0 aliphatic heterocycles. The van der Waals surface area contributed by atoms with E-state index in [2.05, 4.69) is 16.9 Å². The molecule has 0 bridgehead atoms. The van der Waals surface area contributed by atoms with Gasteiger partial charge in [0.2, 0.25) is 0 Å². The zero-order valence-corrected chi connectivity index (χ0v) is 15.2. The highest BCUT2D eigenvalue weighted by Crippen LogP contribution is 2.12. The number of benzene rings is 2. The van der Waals surface area contributed by atoms with Crippen molar-refractivity contribution in [2.75, 3.05) is 6.61 Å². The Labute approximate surface area is 149 Å². The van der Waals surface area contributed by atoms with Crippen LogP contribution in [0.5, 0.6) is 5.75 Å². The van der Waals surface area contributed by atoms with Crippen LogP contribution in [0.3, 0.4) is 0 Å². The van der Waals surface area contributed by atoms with Crippen molar-refractivity contribution in [3.63, 3.8) is 0 Å². The molecular weight excluding hydrogens is 336 g/mol. The monoisotopic (exact) mass is 360 g/mol. The fourth-order valence-corrected chi connectivity index (χ4v) is 3.00. The smallest absolute Gasteiger partial charge is 0.276 e. The summed E-state index contributed by atoms with van der Waals surface area (Å²) in [6.45, 7) is 2.89. The van der Waals surface area contributed by atoms with Crippen molar-refractivity contribution >= 4 is 16.2 Å². The number of ether oxygens (including phenoxy) is 1. The largest absolute Gasteiger partial charge is 0.494 e. The maximum Gasteiger partial charge on any atom is 0.276 e. The minimum Gasteiger partial charge on any atom is -0.494 e. The van der Waals surface area contributed by atoms with Gasteiger partial charge >= 0.3 is 0 Å². The molecule has 0 aliphatic rings. The van der Waals surface area contributed by atoms with Gasteiger partial charge in [0.25, 0.3) is 10.0 Å². The van der Waals surface area contributed by atoms with Crippen molar-refractivity contribution in [2.45, 2.75) is 37.5 Å². The molecule has 6 heteroatoms. The third-order valence-electron chi connectivity index (χ3n) is 3.59. The molecule has 0 amide bonds. The summed E-state index contributed by atoms with van der Waals surface area (Å²) in [5.74, 6) is 0.804. The van der Waals surface area contributed by atoms with Gasteiger partial charge in [0, 0.05) is 0 Å². The Morgan fingerprint density at radius 2 is 1.72 bits per heavy atom. The molecule has 1 N–H and O–H groups in total. The van der Waals surface area contributed by atoms with Crippen LogP contribution in [-0.2, 0) is 10.0 Å². The maximum atomic E-state index is 12.0. The number of rotatable bonds is 10. The van der Waals surface area contributed by atoms with E-state index in [1.807, 2.05) is 24.3 Å². The molecule has 25 heavy (non-hydrogen) atoms. The van der Waals surface area contributed by atoms with Crippen LogP contribution < -0.4 is 9.57 Å². The molecule has 0 saturated heterocycles. The van der Waals surface area contributed by atoms with Gasteiger partial charge in [-0.25, -0.2) is 4.83 Å². The highest BCUT2D eigenvalue weighted by molar-refractivity contribution is 7.89. The molecule has 5 nitrogen and oxygen atoms in total. The highest BCUT2D eigenvalue weighted by Gasteiger charge is 2.10. The molecule has 0 spiro atoms. The summed E-state index contributed by atoms with van der Waals surface area (Å²) in [7, 11) is -3.63. The second kappa shape index (κ2) is 9.84. The van der Waals surface area contributed by atoms with Gasteiger partial charge in [-0.3, -0.25) is 0 Å². The number of hydrogen-bond donors (Lipinski definition) is 1. The molecule has 0 saturated carbocycles. The van der Waals surface area contributed by atoms with Gasteiger partial charge in [0.1, 0.15) is 5.75 Å². The van der Waals surface area contributed by atoms with E-state index in [1.54, 1.807) is 18.2 Å². The van der Waals surface area contributed by atoms with E-state index >= 15 is 0 Å². The van der Waals surface area contributed by atoms with Gasteiger partial charge < -0.3 is 4.74 Å². The topological polar surface area (TPSA) is 67.8 Å². The zero-order chi connectivity index (χ0) is 18.0. The number of hydrogen-bond acceptors (Lipinski definition) is 4. The molecule has 0 aromatic heterocycles. The SMILES string of the molecule is CCCCCCOc1ccc(C=NNS(=O)(=O)c2ccccc2)cc1. The van der Waals surface area contributed by atoms with E-state index in [0.29, 0.717) is 6.61 Å². The zero-order valence-electron chi connectivity index (χ0n) is 14.4. The lowest BCUT2D eigenvalue weighted by Crippen LogP contribution is -2.18. The van der Waals surface area contributed by atoms with E-state index < -0.39 is 10.0 Å². The van der Waals surface area contributed by atoms with Crippen LogP contribution in [-0.4, -0.2) is 21.2 Å². The summed E-state index contributed by atoms with van der Waals surface area (Å²) >= 11 is 0. The van der Waals surface area contributed by atoms with Gasteiger partial charge in [0.05, 0.1) is 17.7 Å². The van der Waals surface area contributed by atoms with E-state index in [9.17, 15) is 8.42 Å². The van der Waals surface area contributed by atoms with Crippen LogP contribution in [0.1, 0.15) is 38.2 Å². The Morgan fingerprint density at radius 1 is 1.00 bits per heavy atom. The summed E-state index contributed by atoms with van der Waals surface area (Å²) in [6, 6.07) is 15.5. The summed E-state index contributed by atoms with van der Waals surface area (Å²) < 4.78 is 29.7. The summed E-state index contributed by atoms with van der Waals surface area (Å²) in [6.07, 6.45) is 6.15. The van der Waals surface area contributed by atoms with Gasteiger partial charge in [0.15, 0.2) is 0 Å². The maximum absolute atomic E-state index is 12.0. The normalized spacial score (nSPS) is 11.6. The van der Waals surface area contributed by atoms with E-state index in [4.69, 9.17) is 4.74 Å². The van der Waals surface area contributed by atoms with E-state index in [-0.39, 0.29) is 4.90 Å². The minimum atomic E-state index is -3.63. The fourth-order valence-electron chi connectivity index (χ4n) is 2.19. The Hall–Kier alpha value is -2.34. The van der Waals surface area contributed by atoms with Gasteiger partial charge in [-0.2, -0.15) is 13.5 Å². The average molecular weight is 360 g/mol. The minimum absolute atomic E-state index is 0.180. The highest BCUT2D eigenvalue weighted by atomic mass is 32.2. The predicted octanol–water partition coefficient (Wildman–Crippen LogP) is 3.96. The van der Waals surface area contributed by atoms with Gasteiger partial charge in [-0.1, -0.05) is 44.4 Å². The third kappa shape index (κ3) is 6.58. The van der Waals surface area contributed by atoms with Crippen molar-refractivity contribution < 1.29 is 13.2 Å². The Bertz CT molecular complexity index is 757. The fraction of sp³-hybridized carbons (Fsp3) is 0.316. The third-order valence-corrected chi connectivity index (χ3v) is 4.83. The summed E-state index contributed by atoms with van der Waals surface area (Å²) in [5, 5.41) is 3.81. The van der Waals surface area contributed by atoms with Crippen LogP contribution in [0.2, 0.25) is 0 Å². The number of nitrogens with zero attached hydrogens (tertiary/aromatic N) is 1. The number of nitrogens with one attached hydrogen (secondary N) is 1. The molecule has 0 aliphatic carbocycles. The standard InChI is InChI=1S/C19H24N2O3S/c1-2-3-4-8-15-24-18-13-11-17(12-14-18)16-20-21-25(22,23)19-9-6-5-7-10-19/h5-7,9-14,16,21H,2-4,8,15H2,1H3. The van der Waals surface area contributed by atoms with Crippen molar-refractivity contribution in [1.82, 2.24) is 4.83 Å². The first kappa shape index (κ1) is 19.0.